The van der Waals surface area contributed by atoms with Crippen LogP contribution >= 0.6 is 0 Å². The lowest BCUT2D eigenvalue weighted by molar-refractivity contribution is 0.398. The van der Waals surface area contributed by atoms with E-state index in [4.69, 9.17) is 0 Å². The summed E-state index contributed by atoms with van der Waals surface area (Å²) in [6, 6.07) is 1.59. The number of aromatic nitrogens is 2. The van der Waals surface area contributed by atoms with Crippen LogP contribution in [0.15, 0.2) is 12.3 Å². The summed E-state index contributed by atoms with van der Waals surface area (Å²) < 4.78 is 53.3. The van der Waals surface area contributed by atoms with Crippen LogP contribution in [0.5, 0.6) is 0 Å². The molecule has 8 nitrogen and oxygen atoms in total. The number of anilines is 1. The van der Waals surface area contributed by atoms with Gasteiger partial charge in [-0.25, -0.2) is 31.5 Å². The Morgan fingerprint density at radius 3 is 2.24 bits per heavy atom. The summed E-state index contributed by atoms with van der Waals surface area (Å²) >= 11 is 0. The molecule has 1 unspecified atom stereocenters. The fraction of sp³-hybridized carbons (Fsp3) is 0.733. The zero-order valence-electron chi connectivity index (χ0n) is 15.2. The van der Waals surface area contributed by atoms with Crippen molar-refractivity contribution in [1.82, 2.24) is 14.7 Å². The van der Waals surface area contributed by atoms with Crippen molar-refractivity contribution < 1.29 is 16.8 Å². The number of nitrogens with zero attached hydrogens (tertiary/aromatic N) is 2. The first-order valence-electron chi connectivity index (χ1n) is 8.19. The summed E-state index contributed by atoms with van der Waals surface area (Å²) in [5.41, 5.74) is -0.569. The molecule has 0 saturated heterocycles. The van der Waals surface area contributed by atoms with Crippen LogP contribution in [-0.2, 0) is 25.6 Å². The van der Waals surface area contributed by atoms with Crippen molar-refractivity contribution in [3.63, 3.8) is 0 Å². The Bertz CT molecular complexity index is 843. The minimum absolute atomic E-state index is 0.0426. The van der Waals surface area contributed by atoms with Crippen molar-refractivity contribution >= 4 is 26.0 Å². The van der Waals surface area contributed by atoms with Crippen molar-refractivity contribution in [3.05, 3.63) is 18.0 Å². The molecule has 1 aromatic rings. The number of rotatable bonds is 7. The van der Waals surface area contributed by atoms with Crippen LogP contribution in [0.3, 0.4) is 0 Å². The summed E-state index contributed by atoms with van der Waals surface area (Å²) in [5, 5.41) is -0.392. The maximum Gasteiger partial charge on any atom is 0.237 e. The second kappa shape index (κ2) is 6.48. The summed E-state index contributed by atoms with van der Waals surface area (Å²) in [5.74, 6) is -0.0426. The van der Waals surface area contributed by atoms with E-state index in [0.29, 0.717) is 25.0 Å². The topological polar surface area (TPSA) is 118 Å². The van der Waals surface area contributed by atoms with Gasteiger partial charge in [-0.05, 0) is 53.0 Å². The molecule has 2 N–H and O–H groups in total. The molecule has 25 heavy (non-hydrogen) atoms. The van der Waals surface area contributed by atoms with E-state index in [2.05, 4.69) is 19.4 Å². The molecule has 1 saturated carbocycles. The van der Waals surface area contributed by atoms with Crippen LogP contribution in [0.1, 0.15) is 59.6 Å². The van der Waals surface area contributed by atoms with Crippen LogP contribution in [0.25, 0.3) is 0 Å². The van der Waals surface area contributed by atoms with Gasteiger partial charge in [0.2, 0.25) is 26.0 Å². The summed E-state index contributed by atoms with van der Waals surface area (Å²) in [6.45, 7) is 8.39. The van der Waals surface area contributed by atoms with Gasteiger partial charge in [-0.1, -0.05) is 6.92 Å². The first-order chi connectivity index (χ1) is 11.3. The standard InChI is InChI=1S/C15H26N4O4S2/c1-6-15(5,19-25(22,23)14(2,3)4)12-9-10-16-13(17-12)18-24(20,21)11-7-8-11/h9-11,19H,6-8H2,1-5H3,(H,16,17,18). The van der Waals surface area contributed by atoms with Crippen LogP contribution < -0.4 is 9.44 Å². The smallest absolute Gasteiger partial charge is 0.237 e. The van der Waals surface area contributed by atoms with Crippen LogP contribution in [0, 0.1) is 0 Å². The van der Waals surface area contributed by atoms with E-state index in [9.17, 15) is 16.8 Å². The highest BCUT2D eigenvalue weighted by Crippen LogP contribution is 2.30. The Labute approximate surface area is 150 Å². The Balaban J connectivity index is 2.33. The molecule has 0 aliphatic heterocycles. The van der Waals surface area contributed by atoms with Crippen molar-refractivity contribution in [2.24, 2.45) is 0 Å². The molecule has 1 aromatic heterocycles. The SMILES string of the molecule is CCC(C)(NS(=O)(=O)C(C)(C)C)c1ccnc(NS(=O)(=O)C2CC2)n1. The van der Waals surface area contributed by atoms with E-state index < -0.39 is 35.6 Å². The van der Waals surface area contributed by atoms with Crippen LogP contribution in [-0.4, -0.2) is 36.8 Å². The van der Waals surface area contributed by atoms with Gasteiger partial charge >= 0.3 is 0 Å². The zero-order valence-corrected chi connectivity index (χ0v) is 16.8. The molecule has 1 aliphatic carbocycles. The minimum Gasteiger partial charge on any atom is -0.251 e. The minimum atomic E-state index is -3.62. The number of nitrogens with one attached hydrogen (secondary N) is 2. The largest absolute Gasteiger partial charge is 0.251 e. The van der Waals surface area contributed by atoms with Gasteiger partial charge in [0.25, 0.3) is 0 Å². The Hall–Kier alpha value is -1.26. The first kappa shape index (κ1) is 20.1. The highest BCUT2D eigenvalue weighted by Gasteiger charge is 2.39. The average Bonchev–Trinajstić information content (AvgIpc) is 3.30. The van der Waals surface area contributed by atoms with E-state index in [1.165, 1.54) is 6.20 Å². The molecular formula is C15H26N4O4S2. The van der Waals surface area contributed by atoms with Gasteiger partial charge < -0.3 is 0 Å². The predicted molar refractivity (Wildman–Crippen MR) is 97.0 cm³/mol. The van der Waals surface area contributed by atoms with Crippen molar-refractivity contribution in [2.75, 3.05) is 4.72 Å². The summed E-state index contributed by atoms with van der Waals surface area (Å²) in [7, 11) is -7.10. The van der Waals surface area contributed by atoms with Gasteiger partial charge in [0, 0.05) is 6.20 Å². The maximum atomic E-state index is 12.5. The Morgan fingerprint density at radius 2 is 1.76 bits per heavy atom. The molecule has 1 aliphatic rings. The molecule has 1 atom stereocenters. The lowest BCUT2D eigenvalue weighted by Gasteiger charge is -2.32. The van der Waals surface area contributed by atoms with E-state index >= 15 is 0 Å². The lowest BCUT2D eigenvalue weighted by atomic mass is 9.96. The van der Waals surface area contributed by atoms with Crippen LogP contribution in [0.4, 0.5) is 5.95 Å². The summed E-state index contributed by atoms with van der Waals surface area (Å²) in [6.07, 6.45) is 3.13. The highest BCUT2D eigenvalue weighted by molar-refractivity contribution is 7.93. The molecule has 0 spiro atoms. The molecular weight excluding hydrogens is 364 g/mol. The molecule has 0 bridgehead atoms. The van der Waals surface area contributed by atoms with Crippen molar-refractivity contribution in [3.8, 4) is 0 Å². The molecule has 0 aromatic carbocycles. The third-order valence-electron chi connectivity index (χ3n) is 4.29. The average molecular weight is 391 g/mol. The maximum absolute atomic E-state index is 12.5. The first-order valence-corrected chi connectivity index (χ1v) is 11.2. The van der Waals surface area contributed by atoms with E-state index in [-0.39, 0.29) is 5.95 Å². The molecule has 10 heteroatoms. The normalized spacial score (nSPS) is 18.6. The van der Waals surface area contributed by atoms with Gasteiger partial charge in [0.15, 0.2) is 0 Å². The molecule has 0 radical (unpaired) electrons. The van der Waals surface area contributed by atoms with Gasteiger partial charge in [0.1, 0.15) is 0 Å². The van der Waals surface area contributed by atoms with E-state index in [0.717, 1.165) is 0 Å². The van der Waals surface area contributed by atoms with Gasteiger partial charge in [0.05, 0.1) is 21.2 Å². The monoisotopic (exact) mass is 390 g/mol. The van der Waals surface area contributed by atoms with Crippen LogP contribution in [0.2, 0.25) is 0 Å². The summed E-state index contributed by atoms with van der Waals surface area (Å²) in [4.78, 5) is 8.20. The van der Waals surface area contributed by atoms with Crippen molar-refractivity contribution in [1.29, 1.82) is 0 Å². The quantitative estimate of drug-likeness (QED) is 0.732. The number of hydrogen-bond acceptors (Lipinski definition) is 6. The number of sulfonamides is 2. The molecule has 0 amide bonds. The molecule has 1 heterocycles. The Kier molecular flexibility index (Phi) is 5.20. The van der Waals surface area contributed by atoms with E-state index in [1.807, 2.05) is 6.92 Å². The third-order valence-corrected chi connectivity index (χ3v) is 8.44. The fourth-order valence-corrected chi connectivity index (χ4v) is 4.48. The van der Waals surface area contributed by atoms with Gasteiger partial charge in [-0.15, -0.1) is 0 Å². The van der Waals surface area contributed by atoms with Gasteiger partial charge in [-0.3, -0.25) is 4.72 Å². The second-order valence-corrected chi connectivity index (χ2v) is 11.9. The zero-order chi connectivity index (χ0) is 19.1. The molecule has 1 fully saturated rings. The lowest BCUT2D eigenvalue weighted by Crippen LogP contribution is -2.50. The van der Waals surface area contributed by atoms with E-state index in [1.54, 1.807) is 33.8 Å². The predicted octanol–water partition coefficient (Wildman–Crippen LogP) is 1.72. The second-order valence-electron chi connectivity index (χ2n) is 7.52. The molecule has 142 valence electrons. The third kappa shape index (κ3) is 4.48. The Morgan fingerprint density at radius 1 is 1.16 bits per heavy atom. The highest BCUT2D eigenvalue weighted by atomic mass is 32.2. The fourth-order valence-electron chi connectivity index (χ4n) is 2.06. The molecule has 2 rings (SSSR count). The number of hydrogen-bond donors (Lipinski definition) is 2. The van der Waals surface area contributed by atoms with Crippen molar-refractivity contribution in [2.45, 2.75) is 69.4 Å². The van der Waals surface area contributed by atoms with Gasteiger partial charge in [-0.2, -0.15) is 0 Å².